The molecule has 0 aliphatic heterocycles. The van der Waals surface area contributed by atoms with E-state index in [1.54, 1.807) is 48.5 Å². The summed E-state index contributed by atoms with van der Waals surface area (Å²) in [5.41, 5.74) is 4.50. The first-order valence-electron chi connectivity index (χ1n) is 9.37. The number of aliphatic carboxylic acids is 1. The molecule has 2 amide bonds. The molecule has 0 radical (unpaired) electrons. The number of fused-ring (bicyclic) bond motifs is 1. The van der Waals surface area contributed by atoms with Gasteiger partial charge in [0.2, 0.25) is 11.8 Å². The molecule has 0 aliphatic rings. The van der Waals surface area contributed by atoms with Crippen LogP contribution in [0.25, 0.3) is 10.9 Å². The maximum Gasteiger partial charge on any atom is 0.329 e. The van der Waals surface area contributed by atoms with Gasteiger partial charge in [-0.25, -0.2) is 14.2 Å². The van der Waals surface area contributed by atoms with Crippen LogP contribution in [-0.4, -0.2) is 38.5 Å². The molecule has 31 heavy (non-hydrogen) atoms. The number of amides is 2. The van der Waals surface area contributed by atoms with E-state index in [-0.39, 0.29) is 11.8 Å². The van der Waals surface area contributed by atoms with Crippen molar-refractivity contribution < 1.29 is 19.5 Å². The van der Waals surface area contributed by atoms with E-state index < -0.39 is 47.5 Å². The van der Waals surface area contributed by atoms with E-state index in [0.29, 0.717) is 11.1 Å². The lowest BCUT2D eigenvalue weighted by Crippen LogP contribution is -2.50. The Morgan fingerprint density at radius 3 is 2.32 bits per heavy atom. The Kier molecular flexibility index (Phi) is 6.29. The summed E-state index contributed by atoms with van der Waals surface area (Å²) in [4.78, 5) is 64.0. The lowest BCUT2D eigenvalue weighted by molar-refractivity contribution is -0.143. The molecule has 2 atom stereocenters. The van der Waals surface area contributed by atoms with Crippen LogP contribution in [-0.2, 0) is 20.8 Å². The quantitative estimate of drug-likeness (QED) is 0.395. The summed E-state index contributed by atoms with van der Waals surface area (Å²) in [6, 6.07) is 12.0. The second kappa shape index (κ2) is 9.08. The smallest absolute Gasteiger partial charge is 0.329 e. The third-order valence-corrected chi connectivity index (χ3v) is 4.74. The monoisotopic (exact) mass is 424 g/mol. The van der Waals surface area contributed by atoms with Crippen molar-refractivity contribution in [3.63, 3.8) is 0 Å². The molecule has 1 heterocycles. The van der Waals surface area contributed by atoms with Crippen molar-refractivity contribution in [2.75, 3.05) is 0 Å². The Hall–Kier alpha value is -4.21. The number of primary amides is 1. The zero-order valence-electron chi connectivity index (χ0n) is 16.3. The van der Waals surface area contributed by atoms with Gasteiger partial charge in [-0.2, -0.15) is 0 Å². The minimum atomic E-state index is -1.60. The van der Waals surface area contributed by atoms with Gasteiger partial charge in [0, 0.05) is 6.42 Å². The van der Waals surface area contributed by atoms with Crippen LogP contribution in [0.1, 0.15) is 18.0 Å². The van der Waals surface area contributed by atoms with Crippen molar-refractivity contribution in [3.8, 4) is 0 Å². The standard InChI is InChI=1S/C21H20N4O6/c22-17(26)11-15(20(29)30)23-18(27)16(10-12-6-2-1-3-7-12)25-19(28)13-8-4-5-9-14(13)24-21(25)31/h1-9,15-16H,10-11H2,(H2,22,26)(H,23,27)(H,24,31)(H,29,30)/t15-,16+/m1/s1. The highest BCUT2D eigenvalue weighted by Gasteiger charge is 2.30. The highest BCUT2D eigenvalue weighted by Crippen LogP contribution is 2.14. The molecule has 0 fully saturated rings. The summed E-state index contributed by atoms with van der Waals surface area (Å²) < 4.78 is 0.758. The number of para-hydroxylation sites is 1. The maximum atomic E-state index is 13.1. The van der Waals surface area contributed by atoms with Crippen molar-refractivity contribution >= 4 is 28.7 Å². The third kappa shape index (κ3) is 4.86. The number of nitrogens with two attached hydrogens (primary N) is 1. The number of carbonyl (C=O) groups is 3. The Morgan fingerprint density at radius 2 is 1.68 bits per heavy atom. The van der Waals surface area contributed by atoms with Gasteiger partial charge >= 0.3 is 11.7 Å². The van der Waals surface area contributed by atoms with E-state index in [1.807, 2.05) is 0 Å². The highest BCUT2D eigenvalue weighted by atomic mass is 16.4. The molecule has 0 saturated carbocycles. The minimum absolute atomic E-state index is 0.0586. The molecule has 0 spiro atoms. The number of hydrogen-bond acceptors (Lipinski definition) is 5. The fourth-order valence-electron chi connectivity index (χ4n) is 3.27. The molecule has 5 N–H and O–H groups in total. The van der Waals surface area contributed by atoms with Crippen LogP contribution in [0.3, 0.4) is 0 Å². The number of carboxylic acid groups (broad SMARTS) is 1. The Morgan fingerprint density at radius 1 is 1.03 bits per heavy atom. The largest absolute Gasteiger partial charge is 0.480 e. The number of H-pyrrole nitrogens is 1. The summed E-state index contributed by atoms with van der Waals surface area (Å²) >= 11 is 0. The highest BCUT2D eigenvalue weighted by molar-refractivity contribution is 5.89. The molecule has 160 valence electrons. The number of rotatable bonds is 8. The van der Waals surface area contributed by atoms with Crippen molar-refractivity contribution in [3.05, 3.63) is 81.0 Å². The van der Waals surface area contributed by atoms with Gasteiger partial charge in [0.15, 0.2) is 0 Å². The van der Waals surface area contributed by atoms with E-state index in [4.69, 9.17) is 5.73 Å². The van der Waals surface area contributed by atoms with Crippen LogP contribution in [0.15, 0.2) is 64.2 Å². The van der Waals surface area contributed by atoms with Gasteiger partial charge in [0.05, 0.1) is 17.3 Å². The maximum absolute atomic E-state index is 13.1. The van der Waals surface area contributed by atoms with Gasteiger partial charge in [-0.3, -0.25) is 14.4 Å². The van der Waals surface area contributed by atoms with Gasteiger partial charge in [0.1, 0.15) is 12.1 Å². The number of hydrogen-bond donors (Lipinski definition) is 4. The average Bonchev–Trinajstić information content (AvgIpc) is 2.72. The number of aromatic amines is 1. The van der Waals surface area contributed by atoms with E-state index >= 15 is 0 Å². The molecular formula is C21H20N4O6. The van der Waals surface area contributed by atoms with Crippen LogP contribution in [0.4, 0.5) is 0 Å². The van der Waals surface area contributed by atoms with Crippen molar-refractivity contribution in [1.29, 1.82) is 0 Å². The first-order valence-corrected chi connectivity index (χ1v) is 9.37. The van der Waals surface area contributed by atoms with Gasteiger partial charge < -0.3 is 21.1 Å². The fraction of sp³-hybridized carbons (Fsp3) is 0.190. The molecule has 0 unspecified atom stereocenters. The Balaban J connectivity index is 2.09. The lowest BCUT2D eigenvalue weighted by atomic mass is 10.0. The van der Waals surface area contributed by atoms with Crippen molar-refractivity contribution in [2.24, 2.45) is 5.73 Å². The molecule has 2 aromatic carbocycles. The first-order chi connectivity index (χ1) is 14.8. The second-order valence-electron chi connectivity index (χ2n) is 6.93. The summed E-state index contributed by atoms with van der Waals surface area (Å²) in [7, 11) is 0. The SMILES string of the molecule is NC(=O)C[C@@H](NC(=O)[C@H](Cc1ccccc1)n1c(=O)[nH]c2ccccc2c1=O)C(=O)O. The van der Waals surface area contributed by atoms with Gasteiger partial charge in [-0.1, -0.05) is 42.5 Å². The Bertz CT molecular complexity index is 1250. The molecule has 0 bridgehead atoms. The molecule has 10 nitrogen and oxygen atoms in total. The molecule has 10 heteroatoms. The molecule has 1 aromatic heterocycles. The minimum Gasteiger partial charge on any atom is -0.480 e. The zero-order chi connectivity index (χ0) is 22.5. The van der Waals surface area contributed by atoms with Gasteiger partial charge in [-0.15, -0.1) is 0 Å². The van der Waals surface area contributed by atoms with Crippen LogP contribution in [0, 0.1) is 0 Å². The first kappa shape index (κ1) is 21.5. The normalized spacial score (nSPS) is 12.8. The molecule has 0 aliphatic carbocycles. The van der Waals surface area contributed by atoms with Crippen LogP contribution in [0.5, 0.6) is 0 Å². The van der Waals surface area contributed by atoms with Crippen LogP contribution in [0.2, 0.25) is 0 Å². The molecule has 0 saturated heterocycles. The number of benzene rings is 2. The predicted octanol–water partition coefficient (Wildman–Crippen LogP) is -0.0816. The summed E-state index contributed by atoms with van der Waals surface area (Å²) in [5, 5.41) is 11.7. The van der Waals surface area contributed by atoms with Gasteiger partial charge in [0.25, 0.3) is 5.56 Å². The summed E-state index contributed by atoms with van der Waals surface area (Å²) in [6.45, 7) is 0. The molecular weight excluding hydrogens is 404 g/mol. The van der Waals surface area contributed by atoms with E-state index in [2.05, 4.69) is 10.3 Å². The van der Waals surface area contributed by atoms with Crippen LogP contribution < -0.4 is 22.3 Å². The summed E-state index contributed by atoms with van der Waals surface area (Å²) in [6.07, 6.45) is -0.695. The average molecular weight is 424 g/mol. The number of carboxylic acids is 1. The van der Waals surface area contributed by atoms with E-state index in [9.17, 15) is 29.1 Å². The number of nitrogens with one attached hydrogen (secondary N) is 2. The predicted molar refractivity (Wildman–Crippen MR) is 111 cm³/mol. The number of carbonyl (C=O) groups excluding carboxylic acids is 2. The van der Waals surface area contributed by atoms with Crippen molar-refractivity contribution in [1.82, 2.24) is 14.9 Å². The van der Waals surface area contributed by atoms with Crippen molar-refractivity contribution in [2.45, 2.75) is 24.9 Å². The third-order valence-electron chi connectivity index (χ3n) is 4.74. The fourth-order valence-corrected chi connectivity index (χ4v) is 3.27. The summed E-state index contributed by atoms with van der Waals surface area (Å²) in [5.74, 6) is -3.29. The molecule has 3 aromatic rings. The van der Waals surface area contributed by atoms with Crippen LogP contribution >= 0.6 is 0 Å². The van der Waals surface area contributed by atoms with E-state index in [1.165, 1.54) is 6.07 Å². The topological polar surface area (TPSA) is 164 Å². The second-order valence-corrected chi connectivity index (χ2v) is 6.93. The lowest BCUT2D eigenvalue weighted by Gasteiger charge is -2.21. The van der Waals surface area contributed by atoms with Gasteiger partial charge in [-0.05, 0) is 17.7 Å². The zero-order valence-corrected chi connectivity index (χ0v) is 16.3. The number of nitrogens with zero attached hydrogens (tertiary/aromatic N) is 1. The van der Waals surface area contributed by atoms with E-state index in [0.717, 1.165) is 4.57 Å². The number of aromatic nitrogens is 2. The molecule has 3 rings (SSSR count). The Labute approximate surface area is 175 Å².